The SMILES string of the molecule is O=C(O)c1ccc(Br)c(NC(=O)c2cnc[nH]2)c1. The van der Waals surface area contributed by atoms with E-state index in [2.05, 4.69) is 31.2 Å². The Kier molecular flexibility index (Phi) is 3.42. The molecule has 1 aromatic heterocycles. The first kappa shape index (κ1) is 12.3. The number of aromatic carboxylic acids is 1. The third-order valence-electron chi connectivity index (χ3n) is 2.20. The summed E-state index contributed by atoms with van der Waals surface area (Å²) in [6.45, 7) is 0. The van der Waals surface area contributed by atoms with Crippen LogP contribution in [0.2, 0.25) is 0 Å². The van der Waals surface area contributed by atoms with Crippen molar-refractivity contribution in [3.05, 3.63) is 46.5 Å². The van der Waals surface area contributed by atoms with E-state index in [1.807, 2.05) is 0 Å². The van der Waals surface area contributed by atoms with E-state index in [4.69, 9.17) is 5.11 Å². The number of carbonyl (C=O) groups excluding carboxylic acids is 1. The Labute approximate surface area is 110 Å². The Morgan fingerprint density at radius 1 is 1.39 bits per heavy atom. The molecule has 7 heteroatoms. The van der Waals surface area contributed by atoms with Gasteiger partial charge in [-0.2, -0.15) is 0 Å². The van der Waals surface area contributed by atoms with E-state index in [9.17, 15) is 9.59 Å². The van der Waals surface area contributed by atoms with Gasteiger partial charge in [0.1, 0.15) is 5.69 Å². The Morgan fingerprint density at radius 3 is 2.78 bits per heavy atom. The molecule has 0 fully saturated rings. The molecule has 0 unspecified atom stereocenters. The summed E-state index contributed by atoms with van der Waals surface area (Å²) in [6, 6.07) is 4.38. The van der Waals surface area contributed by atoms with Crippen LogP contribution in [0.5, 0.6) is 0 Å². The molecule has 1 amide bonds. The van der Waals surface area contributed by atoms with Crippen molar-refractivity contribution in [2.75, 3.05) is 5.32 Å². The third kappa shape index (κ3) is 2.57. The number of nitrogens with one attached hydrogen (secondary N) is 2. The summed E-state index contributed by atoms with van der Waals surface area (Å²) in [4.78, 5) is 29.0. The van der Waals surface area contributed by atoms with Crippen LogP contribution in [0, 0.1) is 0 Å². The maximum Gasteiger partial charge on any atom is 0.335 e. The van der Waals surface area contributed by atoms with Crippen LogP contribution in [0.15, 0.2) is 35.2 Å². The number of H-pyrrole nitrogens is 1. The lowest BCUT2D eigenvalue weighted by atomic mass is 10.2. The summed E-state index contributed by atoms with van der Waals surface area (Å²) in [6.07, 6.45) is 2.77. The van der Waals surface area contributed by atoms with Gasteiger partial charge in [-0.15, -0.1) is 0 Å². The van der Waals surface area contributed by atoms with Crippen LogP contribution in [-0.4, -0.2) is 27.0 Å². The van der Waals surface area contributed by atoms with Gasteiger partial charge >= 0.3 is 5.97 Å². The van der Waals surface area contributed by atoms with Gasteiger partial charge in [0, 0.05) is 4.47 Å². The first-order valence-corrected chi connectivity index (χ1v) is 5.70. The molecule has 0 aliphatic rings. The number of hydrogen-bond acceptors (Lipinski definition) is 3. The molecule has 2 aromatic rings. The molecule has 2 rings (SSSR count). The van der Waals surface area contributed by atoms with Gasteiger partial charge in [0.2, 0.25) is 0 Å². The number of benzene rings is 1. The molecule has 3 N–H and O–H groups in total. The van der Waals surface area contributed by atoms with Gasteiger partial charge in [-0.05, 0) is 34.1 Å². The first-order valence-electron chi connectivity index (χ1n) is 4.90. The average molecular weight is 310 g/mol. The number of carboxylic acids is 1. The van der Waals surface area contributed by atoms with Crippen LogP contribution in [-0.2, 0) is 0 Å². The number of aromatic amines is 1. The highest BCUT2D eigenvalue weighted by Crippen LogP contribution is 2.24. The van der Waals surface area contributed by atoms with E-state index in [1.165, 1.54) is 24.7 Å². The summed E-state index contributed by atoms with van der Waals surface area (Å²) < 4.78 is 0.598. The molecule has 18 heavy (non-hydrogen) atoms. The van der Waals surface area contributed by atoms with E-state index in [0.717, 1.165) is 0 Å². The molecule has 0 bridgehead atoms. The van der Waals surface area contributed by atoms with Crippen molar-refractivity contribution >= 4 is 33.5 Å². The normalized spacial score (nSPS) is 10.1. The summed E-state index contributed by atoms with van der Waals surface area (Å²) in [7, 11) is 0. The van der Waals surface area contributed by atoms with Gasteiger partial charge in [-0.3, -0.25) is 4.79 Å². The molecule has 0 atom stereocenters. The quantitative estimate of drug-likeness (QED) is 0.809. The Morgan fingerprint density at radius 2 is 2.17 bits per heavy atom. The zero-order valence-corrected chi connectivity index (χ0v) is 10.6. The minimum absolute atomic E-state index is 0.0955. The fourth-order valence-electron chi connectivity index (χ4n) is 1.32. The van der Waals surface area contributed by atoms with Gasteiger partial charge in [0.25, 0.3) is 5.91 Å². The summed E-state index contributed by atoms with van der Waals surface area (Å²) >= 11 is 3.24. The average Bonchev–Trinajstić information content (AvgIpc) is 2.85. The number of aromatic nitrogens is 2. The van der Waals surface area contributed by atoms with E-state index < -0.39 is 11.9 Å². The lowest BCUT2D eigenvalue weighted by molar-refractivity contribution is 0.0696. The van der Waals surface area contributed by atoms with E-state index in [0.29, 0.717) is 15.9 Å². The number of nitrogens with zero attached hydrogens (tertiary/aromatic N) is 1. The number of hydrogen-bond donors (Lipinski definition) is 3. The standard InChI is InChI=1S/C11H8BrN3O3/c12-7-2-1-6(11(17)18)3-8(7)15-10(16)9-4-13-5-14-9/h1-5H,(H,13,14)(H,15,16)(H,17,18). The van der Waals surface area contributed by atoms with Crippen LogP contribution in [0.1, 0.15) is 20.8 Å². The molecule has 1 heterocycles. The fraction of sp³-hybridized carbons (Fsp3) is 0. The van der Waals surface area contributed by atoms with Gasteiger partial charge in [0.15, 0.2) is 0 Å². The van der Waals surface area contributed by atoms with Gasteiger partial charge < -0.3 is 15.4 Å². The monoisotopic (exact) mass is 309 g/mol. The lowest BCUT2D eigenvalue weighted by Gasteiger charge is -2.07. The molecule has 92 valence electrons. The summed E-state index contributed by atoms with van der Waals surface area (Å²) in [5.74, 6) is -1.45. The highest BCUT2D eigenvalue weighted by molar-refractivity contribution is 9.10. The van der Waals surface area contributed by atoms with Crippen LogP contribution in [0.25, 0.3) is 0 Å². The maximum absolute atomic E-state index is 11.8. The maximum atomic E-state index is 11.8. The molecule has 0 spiro atoms. The Bertz CT molecular complexity index is 596. The Balaban J connectivity index is 2.26. The molecule has 1 aromatic carbocycles. The van der Waals surface area contributed by atoms with Gasteiger partial charge in [-0.25, -0.2) is 9.78 Å². The highest BCUT2D eigenvalue weighted by atomic mass is 79.9. The first-order chi connectivity index (χ1) is 8.58. The van der Waals surface area contributed by atoms with Crippen molar-refractivity contribution in [1.82, 2.24) is 9.97 Å². The molecule has 6 nitrogen and oxygen atoms in total. The minimum atomic E-state index is -1.06. The van der Waals surface area contributed by atoms with E-state index in [1.54, 1.807) is 6.07 Å². The van der Waals surface area contributed by atoms with Crippen LogP contribution < -0.4 is 5.32 Å². The molecular formula is C11H8BrN3O3. The molecule has 0 saturated carbocycles. The van der Waals surface area contributed by atoms with Crippen molar-refractivity contribution in [3.8, 4) is 0 Å². The van der Waals surface area contributed by atoms with Crippen LogP contribution in [0.3, 0.4) is 0 Å². The number of amides is 1. The second-order valence-electron chi connectivity index (χ2n) is 3.42. The van der Waals surface area contributed by atoms with Crippen LogP contribution >= 0.6 is 15.9 Å². The van der Waals surface area contributed by atoms with Crippen molar-refractivity contribution < 1.29 is 14.7 Å². The van der Waals surface area contributed by atoms with E-state index >= 15 is 0 Å². The van der Waals surface area contributed by atoms with E-state index in [-0.39, 0.29) is 5.56 Å². The van der Waals surface area contributed by atoms with Gasteiger partial charge in [-0.1, -0.05) is 0 Å². The zero-order chi connectivity index (χ0) is 13.1. The van der Waals surface area contributed by atoms with Gasteiger partial charge in [0.05, 0.1) is 23.8 Å². The highest BCUT2D eigenvalue weighted by Gasteiger charge is 2.11. The Hall–Kier alpha value is -2.15. The number of carboxylic acid groups (broad SMARTS) is 1. The molecule has 0 radical (unpaired) electrons. The fourth-order valence-corrected chi connectivity index (χ4v) is 1.67. The zero-order valence-electron chi connectivity index (χ0n) is 8.98. The summed E-state index contributed by atoms with van der Waals surface area (Å²) in [5, 5.41) is 11.5. The van der Waals surface area contributed by atoms with Crippen molar-refractivity contribution in [3.63, 3.8) is 0 Å². The molecule has 0 saturated heterocycles. The molecular weight excluding hydrogens is 302 g/mol. The topological polar surface area (TPSA) is 95.1 Å². The van der Waals surface area contributed by atoms with Crippen LogP contribution in [0.4, 0.5) is 5.69 Å². The van der Waals surface area contributed by atoms with Crippen molar-refractivity contribution in [2.24, 2.45) is 0 Å². The lowest BCUT2D eigenvalue weighted by Crippen LogP contribution is -2.13. The predicted octanol–water partition coefficient (Wildman–Crippen LogP) is 2.12. The number of halogens is 1. The molecule has 0 aliphatic heterocycles. The number of rotatable bonds is 3. The number of imidazole rings is 1. The second-order valence-corrected chi connectivity index (χ2v) is 4.27. The minimum Gasteiger partial charge on any atom is -0.478 e. The smallest absolute Gasteiger partial charge is 0.335 e. The predicted molar refractivity (Wildman–Crippen MR) is 67.6 cm³/mol. The largest absolute Gasteiger partial charge is 0.478 e. The molecule has 0 aliphatic carbocycles. The summed E-state index contributed by atoms with van der Waals surface area (Å²) in [5.41, 5.74) is 0.773. The van der Waals surface area contributed by atoms with Crippen molar-refractivity contribution in [1.29, 1.82) is 0 Å². The second kappa shape index (κ2) is 5.01. The van der Waals surface area contributed by atoms with Crippen molar-refractivity contribution in [2.45, 2.75) is 0 Å². The third-order valence-corrected chi connectivity index (χ3v) is 2.90. The number of carbonyl (C=O) groups is 2. The number of anilines is 1.